The summed E-state index contributed by atoms with van der Waals surface area (Å²) in [7, 11) is 0. The van der Waals surface area contributed by atoms with Crippen LogP contribution in [-0.2, 0) is 6.18 Å². The highest BCUT2D eigenvalue weighted by Gasteiger charge is 2.33. The predicted octanol–water partition coefficient (Wildman–Crippen LogP) is 2.49. The summed E-state index contributed by atoms with van der Waals surface area (Å²) in [5.74, 6) is 0. The van der Waals surface area contributed by atoms with Gasteiger partial charge in [0, 0.05) is 6.20 Å². The van der Waals surface area contributed by atoms with E-state index in [-0.39, 0.29) is 0 Å². The third kappa shape index (κ3) is 2.61. The Morgan fingerprint density at radius 3 is 2.69 bits per heavy atom. The van der Waals surface area contributed by atoms with Gasteiger partial charge in [-0.2, -0.15) is 18.3 Å². The third-order valence-corrected chi connectivity index (χ3v) is 1.36. The molecule has 0 saturated heterocycles. The Balaban J connectivity index is 2.69. The molecular weight excluding hydrogens is 181 g/mol. The maximum atomic E-state index is 12.0. The van der Waals surface area contributed by atoms with Gasteiger partial charge in [-0.3, -0.25) is 4.68 Å². The molecule has 0 unspecified atom stereocenters. The average Bonchev–Trinajstić information content (AvgIpc) is 2.47. The van der Waals surface area contributed by atoms with E-state index < -0.39 is 11.9 Å². The van der Waals surface area contributed by atoms with Crippen LogP contribution in [0.4, 0.5) is 13.2 Å². The van der Waals surface area contributed by atoms with Crippen molar-refractivity contribution >= 4 is 0 Å². The number of rotatable bonds is 3. The molecule has 0 amide bonds. The minimum atomic E-state index is -4.37. The lowest BCUT2D eigenvalue weighted by atomic mass is 10.4. The summed E-state index contributed by atoms with van der Waals surface area (Å²) in [4.78, 5) is 0. The number of hydrogen-bond acceptors (Lipinski definition) is 1. The molecule has 0 aliphatic carbocycles. The summed E-state index contributed by atoms with van der Waals surface area (Å²) < 4.78 is 37.2. The van der Waals surface area contributed by atoms with Crippen LogP contribution in [0.1, 0.15) is 12.1 Å². The Hall–Kier alpha value is -1.26. The molecule has 0 saturated carbocycles. The van der Waals surface area contributed by atoms with Gasteiger partial charge in [0.15, 0.2) is 5.69 Å². The number of halogens is 3. The van der Waals surface area contributed by atoms with Gasteiger partial charge in [-0.25, -0.2) is 0 Å². The van der Waals surface area contributed by atoms with Crippen LogP contribution >= 0.6 is 0 Å². The lowest BCUT2D eigenvalue weighted by Crippen LogP contribution is -2.07. The summed E-state index contributed by atoms with van der Waals surface area (Å²) >= 11 is 0. The first-order valence-corrected chi connectivity index (χ1v) is 3.60. The van der Waals surface area contributed by atoms with Crippen molar-refractivity contribution in [1.29, 1.82) is 0 Å². The lowest BCUT2D eigenvalue weighted by Gasteiger charge is -2.00. The van der Waals surface area contributed by atoms with E-state index in [1.807, 2.05) is 0 Å². The van der Waals surface area contributed by atoms with E-state index in [0.717, 1.165) is 10.7 Å². The van der Waals surface area contributed by atoms with Gasteiger partial charge in [0.25, 0.3) is 0 Å². The number of alkyl halides is 3. The van der Waals surface area contributed by atoms with Crippen LogP contribution in [0.2, 0.25) is 0 Å². The van der Waals surface area contributed by atoms with Crippen molar-refractivity contribution in [1.82, 2.24) is 9.78 Å². The average molecular weight is 189 g/mol. The zero-order valence-electron chi connectivity index (χ0n) is 6.75. The van der Waals surface area contributed by atoms with E-state index >= 15 is 0 Å². The minimum Gasteiger partial charge on any atom is -0.267 e. The van der Waals surface area contributed by atoms with Crippen LogP contribution in [0.5, 0.6) is 0 Å². The third-order valence-electron chi connectivity index (χ3n) is 1.36. The highest BCUT2D eigenvalue weighted by Crippen LogP contribution is 2.27. The van der Waals surface area contributed by atoms with Crippen molar-refractivity contribution in [2.24, 2.45) is 0 Å². The molecule has 0 aliphatic heterocycles. The Morgan fingerprint density at radius 1 is 1.54 bits per heavy atom. The smallest absolute Gasteiger partial charge is 0.267 e. The van der Waals surface area contributed by atoms with E-state index in [1.54, 1.807) is 6.08 Å². The van der Waals surface area contributed by atoms with Gasteiger partial charge in [0.05, 0.1) is 6.54 Å². The first-order valence-electron chi connectivity index (χ1n) is 3.60. The molecule has 1 radical (unpaired) electrons. The maximum absolute atomic E-state index is 12.0. The van der Waals surface area contributed by atoms with Crippen LogP contribution in [-0.4, -0.2) is 9.78 Å². The second-order valence-corrected chi connectivity index (χ2v) is 2.39. The van der Waals surface area contributed by atoms with E-state index in [1.165, 1.54) is 12.7 Å². The molecule has 0 aromatic carbocycles. The van der Waals surface area contributed by atoms with Crippen molar-refractivity contribution in [3.63, 3.8) is 0 Å². The normalized spacial score (nSPS) is 11.6. The SMILES string of the molecule is C=CC[CH]n1ccc(C(F)(F)F)n1. The van der Waals surface area contributed by atoms with Gasteiger partial charge in [-0.1, -0.05) is 6.08 Å². The first kappa shape index (κ1) is 9.83. The fourth-order valence-corrected chi connectivity index (χ4v) is 0.773. The molecule has 1 aromatic heterocycles. The van der Waals surface area contributed by atoms with Gasteiger partial charge in [-0.05, 0) is 12.5 Å². The molecule has 1 aromatic rings. The van der Waals surface area contributed by atoms with Crippen molar-refractivity contribution in [2.45, 2.75) is 12.6 Å². The number of nitrogens with zero attached hydrogens (tertiary/aromatic N) is 2. The lowest BCUT2D eigenvalue weighted by molar-refractivity contribution is -0.141. The summed E-state index contributed by atoms with van der Waals surface area (Å²) in [5.41, 5.74) is -0.882. The molecule has 0 spiro atoms. The largest absolute Gasteiger partial charge is 0.435 e. The molecule has 0 aliphatic rings. The highest BCUT2D eigenvalue weighted by atomic mass is 19.4. The Morgan fingerprint density at radius 2 is 2.23 bits per heavy atom. The molecule has 13 heavy (non-hydrogen) atoms. The summed E-state index contributed by atoms with van der Waals surface area (Å²) in [6.45, 7) is 4.94. The highest BCUT2D eigenvalue weighted by molar-refractivity contribution is 5.04. The monoisotopic (exact) mass is 189 g/mol. The Kier molecular flexibility index (Phi) is 2.75. The zero-order chi connectivity index (χ0) is 9.90. The molecule has 5 heteroatoms. The van der Waals surface area contributed by atoms with E-state index in [9.17, 15) is 13.2 Å². The Bertz CT molecular complexity index is 288. The molecular formula is C8H8F3N2. The van der Waals surface area contributed by atoms with Gasteiger partial charge >= 0.3 is 6.18 Å². The molecule has 71 valence electrons. The number of aromatic nitrogens is 2. The quantitative estimate of drug-likeness (QED) is 0.668. The summed E-state index contributed by atoms with van der Waals surface area (Å²) in [5, 5.41) is 3.31. The van der Waals surface area contributed by atoms with Gasteiger partial charge < -0.3 is 0 Å². The number of allylic oxidation sites excluding steroid dienone is 1. The van der Waals surface area contributed by atoms with Crippen molar-refractivity contribution in [3.05, 3.63) is 37.2 Å². The summed E-state index contributed by atoms with van der Waals surface area (Å²) in [6.07, 6.45) is -1.05. The van der Waals surface area contributed by atoms with Crippen molar-refractivity contribution in [2.75, 3.05) is 0 Å². The topological polar surface area (TPSA) is 17.8 Å². The van der Waals surface area contributed by atoms with E-state index in [0.29, 0.717) is 6.42 Å². The van der Waals surface area contributed by atoms with Crippen molar-refractivity contribution < 1.29 is 13.2 Å². The van der Waals surface area contributed by atoms with Crippen molar-refractivity contribution in [3.8, 4) is 0 Å². The fraction of sp³-hybridized carbons (Fsp3) is 0.250. The van der Waals surface area contributed by atoms with Gasteiger partial charge in [-0.15, -0.1) is 6.58 Å². The van der Waals surface area contributed by atoms with Crippen LogP contribution in [0.3, 0.4) is 0 Å². The van der Waals surface area contributed by atoms with Crippen LogP contribution in [0.15, 0.2) is 24.9 Å². The maximum Gasteiger partial charge on any atom is 0.435 e. The van der Waals surface area contributed by atoms with Crippen LogP contribution in [0.25, 0.3) is 0 Å². The molecule has 0 atom stereocenters. The second-order valence-electron chi connectivity index (χ2n) is 2.39. The minimum absolute atomic E-state index is 0.485. The molecule has 1 heterocycles. The molecule has 0 fully saturated rings. The summed E-state index contributed by atoms with van der Waals surface area (Å²) in [6, 6.07) is 0.930. The number of hydrogen-bond donors (Lipinski definition) is 0. The predicted molar refractivity (Wildman–Crippen MR) is 41.7 cm³/mol. The molecule has 1 rings (SSSR count). The molecule has 0 N–H and O–H groups in total. The fourth-order valence-electron chi connectivity index (χ4n) is 0.773. The standard InChI is InChI=1S/C8H8F3N2/c1-2-3-5-13-6-4-7(12-13)8(9,10)11/h2,4-6H,1,3H2. The second kappa shape index (κ2) is 3.64. The van der Waals surface area contributed by atoms with Crippen LogP contribution in [0, 0.1) is 6.54 Å². The molecule has 2 nitrogen and oxygen atoms in total. The first-order chi connectivity index (χ1) is 6.04. The van der Waals surface area contributed by atoms with Crippen LogP contribution < -0.4 is 0 Å². The molecule has 0 bridgehead atoms. The van der Waals surface area contributed by atoms with E-state index in [2.05, 4.69) is 11.7 Å². The van der Waals surface area contributed by atoms with Gasteiger partial charge in [0.2, 0.25) is 0 Å². The Labute approximate surface area is 73.7 Å². The van der Waals surface area contributed by atoms with E-state index in [4.69, 9.17) is 0 Å². The zero-order valence-corrected chi connectivity index (χ0v) is 6.75. The van der Waals surface area contributed by atoms with Gasteiger partial charge in [0.1, 0.15) is 0 Å².